The normalized spacial score (nSPS) is 11.5. The van der Waals surface area contributed by atoms with E-state index >= 15 is 0 Å². The van der Waals surface area contributed by atoms with Crippen molar-refractivity contribution in [3.63, 3.8) is 0 Å². The number of nitriles is 1. The van der Waals surface area contributed by atoms with Crippen LogP contribution in [0, 0.1) is 11.3 Å². The van der Waals surface area contributed by atoms with Crippen molar-refractivity contribution in [2.24, 2.45) is 0 Å². The van der Waals surface area contributed by atoms with Crippen molar-refractivity contribution in [3.05, 3.63) is 102 Å². The van der Waals surface area contributed by atoms with Crippen LogP contribution in [-0.4, -0.2) is 4.98 Å². The molecule has 0 aliphatic carbocycles. The van der Waals surface area contributed by atoms with Gasteiger partial charge in [0.15, 0.2) is 0 Å². The van der Waals surface area contributed by atoms with Gasteiger partial charge in [0, 0.05) is 15.8 Å². The van der Waals surface area contributed by atoms with Gasteiger partial charge in [-0.05, 0) is 53.6 Å². The molecular formula is C27H15F3N2S. The van der Waals surface area contributed by atoms with E-state index in [1.165, 1.54) is 23.5 Å². The smallest absolute Gasteiger partial charge is 0.247 e. The lowest BCUT2D eigenvalue weighted by atomic mass is 10.0. The quantitative estimate of drug-likeness (QED) is 0.274. The minimum atomic E-state index is -4.39. The van der Waals surface area contributed by atoms with Crippen LogP contribution in [0.3, 0.4) is 0 Å². The number of alkyl halides is 3. The van der Waals surface area contributed by atoms with Crippen LogP contribution in [0.2, 0.25) is 0 Å². The van der Waals surface area contributed by atoms with Crippen molar-refractivity contribution >= 4 is 22.2 Å². The summed E-state index contributed by atoms with van der Waals surface area (Å²) in [5, 5.41) is 10.1. The Bertz CT molecular complexity index is 1490. The topological polar surface area (TPSA) is 36.7 Å². The van der Waals surface area contributed by atoms with Crippen molar-refractivity contribution in [1.29, 1.82) is 5.26 Å². The summed E-state index contributed by atoms with van der Waals surface area (Å²) >= 11 is 1.52. The molecule has 160 valence electrons. The van der Waals surface area contributed by atoms with Crippen molar-refractivity contribution < 1.29 is 13.2 Å². The fourth-order valence-corrected chi connectivity index (χ4v) is 4.83. The van der Waals surface area contributed by atoms with Crippen LogP contribution in [0.5, 0.6) is 0 Å². The molecule has 5 rings (SSSR count). The molecule has 2 aromatic heterocycles. The van der Waals surface area contributed by atoms with Crippen LogP contribution in [-0.2, 0) is 6.18 Å². The molecule has 0 amide bonds. The Labute approximate surface area is 192 Å². The molecule has 0 saturated carbocycles. The van der Waals surface area contributed by atoms with Crippen LogP contribution < -0.4 is 0 Å². The van der Waals surface area contributed by atoms with E-state index in [0.717, 1.165) is 49.6 Å². The van der Waals surface area contributed by atoms with Gasteiger partial charge in [0.05, 0.1) is 33.3 Å². The number of aromatic nitrogens is 1. The van der Waals surface area contributed by atoms with Crippen molar-refractivity contribution in [2.45, 2.75) is 6.18 Å². The molecule has 0 unspecified atom stereocenters. The standard InChI is InChI=1S/C27H15F3N2S/c28-27(29,30)21-12-9-18(10-13-21)22-15-25(20-7-5-17(16-31)6-8-20)33-26(22)24-14-11-19-3-1-2-4-23(19)32-24/h1-15H. The number of thiophene rings is 1. The fourth-order valence-electron chi connectivity index (χ4n) is 3.68. The number of pyridine rings is 1. The van der Waals surface area contributed by atoms with Gasteiger partial charge in [-0.1, -0.05) is 48.5 Å². The van der Waals surface area contributed by atoms with E-state index < -0.39 is 11.7 Å². The Morgan fingerprint density at radius 2 is 1.48 bits per heavy atom. The lowest BCUT2D eigenvalue weighted by molar-refractivity contribution is -0.137. The van der Waals surface area contributed by atoms with Gasteiger partial charge in [-0.3, -0.25) is 0 Å². The first-order chi connectivity index (χ1) is 15.9. The monoisotopic (exact) mass is 456 g/mol. The number of para-hydroxylation sites is 1. The van der Waals surface area contributed by atoms with Gasteiger partial charge in [0.25, 0.3) is 0 Å². The average molecular weight is 456 g/mol. The second kappa shape index (κ2) is 8.19. The Kier molecular flexibility index (Phi) is 5.20. The van der Waals surface area contributed by atoms with Gasteiger partial charge in [-0.25, -0.2) is 4.98 Å². The van der Waals surface area contributed by atoms with Gasteiger partial charge < -0.3 is 0 Å². The summed E-state index contributed by atoms with van der Waals surface area (Å²) < 4.78 is 39.2. The molecule has 0 spiro atoms. The van der Waals surface area contributed by atoms with Crippen LogP contribution >= 0.6 is 11.3 Å². The van der Waals surface area contributed by atoms with Crippen LogP contribution in [0.25, 0.3) is 43.0 Å². The van der Waals surface area contributed by atoms with E-state index in [1.54, 1.807) is 12.1 Å². The fraction of sp³-hybridized carbons (Fsp3) is 0.0370. The predicted octanol–water partition coefficient (Wildman–Crippen LogP) is 8.19. The van der Waals surface area contributed by atoms with E-state index in [4.69, 9.17) is 10.2 Å². The molecule has 0 N–H and O–H groups in total. The number of fused-ring (bicyclic) bond motifs is 1. The summed E-state index contributed by atoms with van der Waals surface area (Å²) in [6.45, 7) is 0. The first-order valence-electron chi connectivity index (χ1n) is 10.1. The minimum Gasteiger partial charge on any atom is -0.247 e. The zero-order chi connectivity index (χ0) is 23.0. The summed E-state index contributed by atoms with van der Waals surface area (Å²) in [4.78, 5) is 6.63. The van der Waals surface area contributed by atoms with Gasteiger partial charge in [-0.15, -0.1) is 11.3 Å². The summed E-state index contributed by atoms with van der Waals surface area (Å²) in [5.41, 5.74) is 3.92. The molecule has 3 aromatic carbocycles. The molecule has 5 aromatic rings. The lowest BCUT2D eigenvalue weighted by Crippen LogP contribution is -2.03. The highest BCUT2D eigenvalue weighted by atomic mass is 32.1. The molecule has 2 heterocycles. The second-order valence-electron chi connectivity index (χ2n) is 7.51. The maximum Gasteiger partial charge on any atom is 0.416 e. The molecule has 0 radical (unpaired) electrons. The van der Waals surface area contributed by atoms with Gasteiger partial charge in [0.2, 0.25) is 0 Å². The Morgan fingerprint density at radius 1 is 0.788 bits per heavy atom. The minimum absolute atomic E-state index is 0.565. The summed E-state index contributed by atoms with van der Waals surface area (Å²) in [6.07, 6.45) is -4.39. The van der Waals surface area contributed by atoms with E-state index in [2.05, 4.69) is 6.07 Å². The van der Waals surface area contributed by atoms with Crippen molar-refractivity contribution in [2.75, 3.05) is 0 Å². The van der Waals surface area contributed by atoms with Crippen molar-refractivity contribution in [3.8, 4) is 38.2 Å². The number of benzene rings is 3. The van der Waals surface area contributed by atoms with Gasteiger partial charge >= 0.3 is 6.18 Å². The maximum absolute atomic E-state index is 13.1. The lowest BCUT2D eigenvalue weighted by Gasteiger charge is -2.09. The zero-order valence-electron chi connectivity index (χ0n) is 17.1. The third kappa shape index (κ3) is 4.11. The Morgan fingerprint density at radius 3 is 2.18 bits per heavy atom. The molecule has 33 heavy (non-hydrogen) atoms. The number of hydrogen-bond acceptors (Lipinski definition) is 3. The summed E-state index contributed by atoms with van der Waals surface area (Å²) in [7, 11) is 0. The molecule has 0 atom stereocenters. The number of nitrogens with zero attached hydrogens (tertiary/aromatic N) is 2. The van der Waals surface area contributed by atoms with Crippen molar-refractivity contribution in [1.82, 2.24) is 4.98 Å². The van der Waals surface area contributed by atoms with Crippen LogP contribution in [0.4, 0.5) is 13.2 Å². The number of rotatable bonds is 3. The molecule has 0 fully saturated rings. The highest BCUT2D eigenvalue weighted by molar-refractivity contribution is 7.19. The maximum atomic E-state index is 13.1. The molecule has 0 bridgehead atoms. The van der Waals surface area contributed by atoms with Gasteiger partial charge in [0.1, 0.15) is 0 Å². The third-order valence-electron chi connectivity index (χ3n) is 5.38. The zero-order valence-corrected chi connectivity index (χ0v) is 17.9. The second-order valence-corrected chi connectivity index (χ2v) is 8.56. The molecule has 0 saturated heterocycles. The summed E-state index contributed by atoms with van der Waals surface area (Å²) in [6, 6.07) is 28.3. The van der Waals surface area contributed by atoms with E-state index in [9.17, 15) is 13.2 Å². The van der Waals surface area contributed by atoms with Crippen LogP contribution in [0.1, 0.15) is 11.1 Å². The Balaban J connectivity index is 1.67. The molecule has 0 aliphatic heterocycles. The molecule has 6 heteroatoms. The Hall–Kier alpha value is -3.95. The molecular weight excluding hydrogens is 441 g/mol. The average Bonchev–Trinajstić information content (AvgIpc) is 3.29. The third-order valence-corrected chi connectivity index (χ3v) is 6.59. The largest absolute Gasteiger partial charge is 0.416 e. The number of hydrogen-bond donors (Lipinski definition) is 0. The predicted molar refractivity (Wildman–Crippen MR) is 126 cm³/mol. The van der Waals surface area contributed by atoms with E-state index in [0.29, 0.717) is 11.1 Å². The van der Waals surface area contributed by atoms with Crippen LogP contribution in [0.15, 0.2) is 91.0 Å². The van der Waals surface area contributed by atoms with Gasteiger partial charge in [-0.2, -0.15) is 18.4 Å². The highest BCUT2D eigenvalue weighted by Gasteiger charge is 2.30. The summed E-state index contributed by atoms with van der Waals surface area (Å²) in [5.74, 6) is 0. The van der Waals surface area contributed by atoms with E-state index in [-0.39, 0.29) is 0 Å². The first kappa shape index (κ1) is 20.9. The number of halogens is 3. The van der Waals surface area contributed by atoms with E-state index in [1.807, 2.05) is 54.6 Å². The first-order valence-corrected chi connectivity index (χ1v) is 10.9. The SMILES string of the molecule is N#Cc1ccc(-c2cc(-c3ccc(C(F)(F)F)cc3)c(-c3ccc4ccccc4n3)s2)cc1. The highest BCUT2D eigenvalue weighted by Crippen LogP contribution is 2.43. The molecule has 2 nitrogen and oxygen atoms in total. The molecule has 0 aliphatic rings.